The van der Waals surface area contributed by atoms with E-state index in [1.807, 2.05) is 0 Å². The molecule has 4 nitrogen and oxygen atoms in total. The Bertz CT molecular complexity index is 145. The Morgan fingerprint density at radius 2 is 2.36 bits per heavy atom. The molecule has 3 N–H and O–H groups in total. The summed E-state index contributed by atoms with van der Waals surface area (Å²) in [4.78, 5) is 10.4. The van der Waals surface area contributed by atoms with Crippen LogP contribution in [0.3, 0.4) is 0 Å². The first-order chi connectivity index (χ1) is 5.24. The third-order valence-electron chi connectivity index (χ3n) is 1.90. The highest BCUT2D eigenvalue weighted by Gasteiger charge is 2.25. The Hall–Kier alpha value is -0.610. The van der Waals surface area contributed by atoms with Crippen molar-refractivity contribution in [3.63, 3.8) is 0 Å². The minimum Gasteiger partial charge on any atom is -0.479 e. The topological polar surface area (TPSA) is 72.5 Å². The van der Waals surface area contributed by atoms with Crippen molar-refractivity contribution < 1.29 is 14.6 Å². The van der Waals surface area contributed by atoms with Crippen molar-refractivity contribution in [1.29, 1.82) is 0 Å². The van der Waals surface area contributed by atoms with E-state index in [2.05, 4.69) is 0 Å². The molecule has 0 aromatic heterocycles. The quantitative estimate of drug-likeness (QED) is 0.604. The molecular formula is C7H13NO3. The number of carboxylic acids is 1. The van der Waals surface area contributed by atoms with Gasteiger partial charge >= 0.3 is 5.97 Å². The van der Waals surface area contributed by atoms with E-state index in [9.17, 15) is 4.79 Å². The van der Waals surface area contributed by atoms with Crippen LogP contribution in [0.2, 0.25) is 0 Å². The first kappa shape index (κ1) is 8.49. The molecule has 1 saturated carbocycles. The molecule has 0 spiro atoms. The van der Waals surface area contributed by atoms with Crippen molar-refractivity contribution in [2.45, 2.75) is 31.5 Å². The monoisotopic (exact) mass is 159 g/mol. The van der Waals surface area contributed by atoms with Crippen LogP contribution in [0.4, 0.5) is 0 Å². The SMILES string of the molecule is NCC(OC1CCC1)C(=O)O. The number of carboxylic acid groups (broad SMARTS) is 1. The van der Waals surface area contributed by atoms with E-state index in [4.69, 9.17) is 15.6 Å². The van der Waals surface area contributed by atoms with Crippen LogP contribution < -0.4 is 5.73 Å². The lowest BCUT2D eigenvalue weighted by atomic mass is 9.96. The summed E-state index contributed by atoms with van der Waals surface area (Å²) in [6.45, 7) is 0.0613. The summed E-state index contributed by atoms with van der Waals surface area (Å²) in [5.41, 5.74) is 5.19. The lowest BCUT2D eigenvalue weighted by molar-refractivity contribution is -0.156. The fourth-order valence-corrected chi connectivity index (χ4v) is 0.954. The zero-order valence-electron chi connectivity index (χ0n) is 6.32. The van der Waals surface area contributed by atoms with Gasteiger partial charge in [0, 0.05) is 6.54 Å². The van der Waals surface area contributed by atoms with E-state index in [1.54, 1.807) is 0 Å². The largest absolute Gasteiger partial charge is 0.479 e. The molecule has 1 aliphatic rings. The van der Waals surface area contributed by atoms with Crippen molar-refractivity contribution in [3.05, 3.63) is 0 Å². The van der Waals surface area contributed by atoms with Gasteiger partial charge in [-0.3, -0.25) is 0 Å². The maximum atomic E-state index is 10.4. The number of hydrogen-bond donors (Lipinski definition) is 2. The molecule has 1 unspecified atom stereocenters. The maximum Gasteiger partial charge on any atom is 0.334 e. The third-order valence-corrected chi connectivity index (χ3v) is 1.90. The average molecular weight is 159 g/mol. The van der Waals surface area contributed by atoms with Crippen LogP contribution in [-0.4, -0.2) is 29.8 Å². The Balaban J connectivity index is 2.24. The molecule has 0 heterocycles. The molecule has 0 bridgehead atoms. The highest BCUT2D eigenvalue weighted by atomic mass is 16.5. The van der Waals surface area contributed by atoms with Gasteiger partial charge in [-0.15, -0.1) is 0 Å². The summed E-state index contributed by atoms with van der Waals surface area (Å²) in [6, 6.07) is 0. The van der Waals surface area contributed by atoms with Crippen molar-refractivity contribution in [3.8, 4) is 0 Å². The van der Waals surface area contributed by atoms with Crippen LogP contribution in [0, 0.1) is 0 Å². The zero-order valence-corrected chi connectivity index (χ0v) is 6.32. The van der Waals surface area contributed by atoms with E-state index in [0.29, 0.717) is 0 Å². The van der Waals surface area contributed by atoms with Crippen LogP contribution in [0.25, 0.3) is 0 Å². The maximum absolute atomic E-state index is 10.4. The fourth-order valence-electron chi connectivity index (χ4n) is 0.954. The smallest absolute Gasteiger partial charge is 0.334 e. The van der Waals surface area contributed by atoms with E-state index < -0.39 is 12.1 Å². The number of carbonyl (C=O) groups is 1. The zero-order chi connectivity index (χ0) is 8.27. The van der Waals surface area contributed by atoms with Gasteiger partial charge in [-0.05, 0) is 19.3 Å². The number of nitrogens with two attached hydrogens (primary N) is 1. The molecule has 1 atom stereocenters. The second-order valence-electron chi connectivity index (χ2n) is 2.75. The molecule has 1 fully saturated rings. The Labute approximate surface area is 65.3 Å². The molecule has 0 aromatic carbocycles. The molecule has 1 aliphatic carbocycles. The van der Waals surface area contributed by atoms with Gasteiger partial charge in [-0.1, -0.05) is 0 Å². The summed E-state index contributed by atoms with van der Waals surface area (Å²) >= 11 is 0. The first-order valence-electron chi connectivity index (χ1n) is 3.82. The fraction of sp³-hybridized carbons (Fsp3) is 0.857. The number of hydrogen-bond acceptors (Lipinski definition) is 3. The lowest BCUT2D eigenvalue weighted by Gasteiger charge is -2.28. The molecule has 0 amide bonds. The average Bonchev–Trinajstić information content (AvgIpc) is 1.85. The third kappa shape index (κ3) is 2.17. The van der Waals surface area contributed by atoms with Gasteiger partial charge in [0.2, 0.25) is 0 Å². The molecule has 0 saturated heterocycles. The van der Waals surface area contributed by atoms with Gasteiger partial charge in [0.15, 0.2) is 6.10 Å². The Morgan fingerprint density at radius 3 is 2.64 bits per heavy atom. The van der Waals surface area contributed by atoms with Crippen LogP contribution in [0.1, 0.15) is 19.3 Å². The molecule has 0 aromatic rings. The van der Waals surface area contributed by atoms with Crippen LogP contribution >= 0.6 is 0 Å². The highest BCUT2D eigenvalue weighted by Crippen LogP contribution is 2.22. The Kier molecular flexibility index (Phi) is 2.84. The number of ether oxygens (including phenoxy) is 1. The predicted molar refractivity (Wildman–Crippen MR) is 39.2 cm³/mol. The number of rotatable bonds is 4. The molecule has 64 valence electrons. The lowest BCUT2D eigenvalue weighted by Crippen LogP contribution is -2.38. The number of aliphatic carboxylic acids is 1. The molecule has 11 heavy (non-hydrogen) atoms. The van der Waals surface area contributed by atoms with Gasteiger partial charge in [0.25, 0.3) is 0 Å². The van der Waals surface area contributed by atoms with Crippen molar-refractivity contribution >= 4 is 5.97 Å². The molecule has 1 rings (SSSR count). The summed E-state index contributed by atoms with van der Waals surface area (Å²) in [7, 11) is 0. The summed E-state index contributed by atoms with van der Waals surface area (Å²) in [5.74, 6) is -0.959. The van der Waals surface area contributed by atoms with Crippen molar-refractivity contribution in [1.82, 2.24) is 0 Å². The molecule has 0 aliphatic heterocycles. The van der Waals surface area contributed by atoms with Crippen LogP contribution in [0.15, 0.2) is 0 Å². The van der Waals surface area contributed by atoms with Gasteiger partial charge in [0.1, 0.15) is 0 Å². The summed E-state index contributed by atoms with van der Waals surface area (Å²) in [5, 5.41) is 8.54. The van der Waals surface area contributed by atoms with Gasteiger partial charge in [0.05, 0.1) is 6.10 Å². The van der Waals surface area contributed by atoms with Crippen molar-refractivity contribution in [2.24, 2.45) is 5.73 Å². The van der Waals surface area contributed by atoms with Crippen LogP contribution in [0.5, 0.6) is 0 Å². The minimum atomic E-state index is -0.959. The first-order valence-corrected chi connectivity index (χ1v) is 3.82. The van der Waals surface area contributed by atoms with E-state index in [0.717, 1.165) is 19.3 Å². The molecule has 4 heteroatoms. The molecule has 0 radical (unpaired) electrons. The van der Waals surface area contributed by atoms with E-state index in [1.165, 1.54) is 0 Å². The van der Waals surface area contributed by atoms with Gasteiger partial charge in [-0.25, -0.2) is 4.79 Å². The standard InChI is InChI=1S/C7H13NO3/c8-4-6(7(9)10)11-5-2-1-3-5/h5-6H,1-4,8H2,(H,9,10). The summed E-state index contributed by atoms with van der Waals surface area (Å²) in [6.07, 6.45) is 2.43. The van der Waals surface area contributed by atoms with E-state index >= 15 is 0 Å². The second kappa shape index (κ2) is 3.69. The minimum absolute atomic E-state index is 0.0613. The summed E-state index contributed by atoms with van der Waals surface area (Å²) < 4.78 is 5.17. The molecular weight excluding hydrogens is 146 g/mol. The highest BCUT2D eigenvalue weighted by molar-refractivity contribution is 5.72. The van der Waals surface area contributed by atoms with Gasteiger partial charge < -0.3 is 15.6 Å². The Morgan fingerprint density at radius 1 is 1.73 bits per heavy atom. The second-order valence-corrected chi connectivity index (χ2v) is 2.75. The normalized spacial score (nSPS) is 20.8. The van der Waals surface area contributed by atoms with Crippen LogP contribution in [-0.2, 0) is 9.53 Å². The predicted octanol–water partition coefficient (Wildman–Crippen LogP) is -0.0326. The van der Waals surface area contributed by atoms with Gasteiger partial charge in [-0.2, -0.15) is 0 Å². The van der Waals surface area contributed by atoms with Crippen molar-refractivity contribution in [2.75, 3.05) is 6.54 Å². The van der Waals surface area contributed by atoms with E-state index in [-0.39, 0.29) is 12.6 Å².